The van der Waals surface area contributed by atoms with Gasteiger partial charge in [-0.15, -0.1) is 0 Å². The summed E-state index contributed by atoms with van der Waals surface area (Å²) in [6, 6.07) is 16.2. The van der Waals surface area contributed by atoms with E-state index in [0.29, 0.717) is 5.92 Å². The molecule has 2 rings (SSSR count). The predicted molar refractivity (Wildman–Crippen MR) is 79.6 cm³/mol. The van der Waals surface area contributed by atoms with Crippen LogP contribution in [0.15, 0.2) is 48.5 Å². The van der Waals surface area contributed by atoms with E-state index in [1.807, 2.05) is 43.3 Å². The number of hydrogen-bond donors (Lipinski definition) is 1. The third-order valence-electron chi connectivity index (χ3n) is 3.17. The van der Waals surface area contributed by atoms with Gasteiger partial charge in [0.05, 0.1) is 0 Å². The molecule has 2 aromatic rings. The molecule has 2 heteroatoms. The van der Waals surface area contributed by atoms with E-state index in [0.717, 1.165) is 17.1 Å². The minimum atomic E-state index is 0.0540. The fraction of sp³-hybridized carbons (Fsp3) is 0.294. The maximum absolute atomic E-state index is 5.86. The highest BCUT2D eigenvalue weighted by molar-refractivity contribution is 5.36. The van der Waals surface area contributed by atoms with Gasteiger partial charge in [0.1, 0.15) is 11.5 Å². The Morgan fingerprint density at radius 2 is 1.53 bits per heavy atom. The highest BCUT2D eigenvalue weighted by atomic mass is 16.5. The minimum Gasteiger partial charge on any atom is -0.457 e. The van der Waals surface area contributed by atoms with Crippen LogP contribution in [0.2, 0.25) is 0 Å². The van der Waals surface area contributed by atoms with Crippen LogP contribution in [-0.4, -0.2) is 0 Å². The quantitative estimate of drug-likeness (QED) is 0.865. The lowest BCUT2D eigenvalue weighted by atomic mass is 10.0. The van der Waals surface area contributed by atoms with Gasteiger partial charge in [-0.3, -0.25) is 0 Å². The van der Waals surface area contributed by atoms with Crippen LogP contribution in [0.3, 0.4) is 0 Å². The minimum absolute atomic E-state index is 0.0540. The van der Waals surface area contributed by atoms with E-state index in [9.17, 15) is 0 Å². The van der Waals surface area contributed by atoms with E-state index < -0.39 is 0 Å². The van der Waals surface area contributed by atoms with Crippen LogP contribution in [0, 0.1) is 0 Å². The zero-order valence-electron chi connectivity index (χ0n) is 11.8. The molecule has 0 heterocycles. The van der Waals surface area contributed by atoms with Gasteiger partial charge in [0, 0.05) is 6.04 Å². The molecule has 0 radical (unpaired) electrons. The number of benzene rings is 2. The summed E-state index contributed by atoms with van der Waals surface area (Å²) in [5.74, 6) is 2.22. The van der Waals surface area contributed by atoms with E-state index in [1.54, 1.807) is 0 Å². The van der Waals surface area contributed by atoms with E-state index in [-0.39, 0.29) is 6.04 Å². The molecule has 2 nitrogen and oxygen atoms in total. The maximum atomic E-state index is 5.86. The van der Waals surface area contributed by atoms with Crippen LogP contribution in [0.1, 0.15) is 43.9 Å². The van der Waals surface area contributed by atoms with Crippen molar-refractivity contribution >= 4 is 0 Å². The van der Waals surface area contributed by atoms with E-state index in [2.05, 4.69) is 26.0 Å². The normalized spacial score (nSPS) is 12.5. The Labute approximate surface area is 115 Å². The number of hydrogen-bond acceptors (Lipinski definition) is 2. The monoisotopic (exact) mass is 255 g/mol. The second-order valence-corrected chi connectivity index (χ2v) is 5.19. The predicted octanol–water partition coefficient (Wildman–Crippen LogP) is 4.62. The fourth-order valence-corrected chi connectivity index (χ4v) is 1.91. The molecule has 0 bridgehead atoms. The lowest BCUT2D eigenvalue weighted by molar-refractivity contribution is 0.481. The van der Waals surface area contributed by atoms with Crippen LogP contribution in [0.25, 0.3) is 0 Å². The Morgan fingerprint density at radius 1 is 0.842 bits per heavy atom. The van der Waals surface area contributed by atoms with E-state index in [1.165, 1.54) is 5.56 Å². The first-order valence-corrected chi connectivity index (χ1v) is 6.69. The summed E-state index contributed by atoms with van der Waals surface area (Å²) >= 11 is 0. The Bertz CT molecular complexity index is 529. The Hall–Kier alpha value is -1.80. The van der Waals surface area contributed by atoms with Gasteiger partial charge in [0.25, 0.3) is 0 Å². The van der Waals surface area contributed by atoms with Gasteiger partial charge in [0.15, 0.2) is 0 Å². The first-order valence-electron chi connectivity index (χ1n) is 6.69. The highest BCUT2D eigenvalue weighted by Crippen LogP contribution is 2.26. The molecule has 0 spiro atoms. The number of nitrogens with two attached hydrogens (primary N) is 1. The highest BCUT2D eigenvalue weighted by Gasteiger charge is 2.03. The average Bonchev–Trinajstić information content (AvgIpc) is 2.39. The number of rotatable bonds is 4. The van der Waals surface area contributed by atoms with Crippen molar-refractivity contribution in [1.82, 2.24) is 0 Å². The second kappa shape index (κ2) is 5.89. The van der Waals surface area contributed by atoms with Crippen molar-refractivity contribution in [2.75, 3.05) is 0 Å². The van der Waals surface area contributed by atoms with Crippen molar-refractivity contribution < 1.29 is 4.74 Å². The van der Waals surface area contributed by atoms with Gasteiger partial charge < -0.3 is 10.5 Å². The van der Waals surface area contributed by atoms with Crippen LogP contribution in [0.4, 0.5) is 0 Å². The third-order valence-corrected chi connectivity index (χ3v) is 3.17. The number of ether oxygens (including phenoxy) is 1. The molecule has 0 saturated carbocycles. The van der Waals surface area contributed by atoms with Gasteiger partial charge in [-0.2, -0.15) is 0 Å². The Morgan fingerprint density at radius 3 is 2.11 bits per heavy atom. The molecular weight excluding hydrogens is 234 g/mol. The van der Waals surface area contributed by atoms with Crippen LogP contribution in [-0.2, 0) is 0 Å². The first kappa shape index (κ1) is 13.6. The standard InChI is InChI=1S/C17H21NO/c1-12(2)15-5-4-6-17(11-15)19-16-9-7-14(8-10-16)13(3)18/h4-13H,18H2,1-3H3. The van der Waals surface area contributed by atoms with Crippen molar-refractivity contribution in [1.29, 1.82) is 0 Å². The fourth-order valence-electron chi connectivity index (χ4n) is 1.91. The van der Waals surface area contributed by atoms with Crippen molar-refractivity contribution in [3.05, 3.63) is 59.7 Å². The molecule has 100 valence electrons. The molecule has 0 aliphatic rings. The molecule has 0 saturated heterocycles. The zero-order chi connectivity index (χ0) is 13.8. The molecule has 0 aliphatic carbocycles. The Kier molecular flexibility index (Phi) is 4.23. The molecule has 19 heavy (non-hydrogen) atoms. The molecule has 2 N–H and O–H groups in total. The topological polar surface area (TPSA) is 35.2 Å². The summed E-state index contributed by atoms with van der Waals surface area (Å²) in [5, 5.41) is 0. The summed E-state index contributed by atoms with van der Waals surface area (Å²) in [7, 11) is 0. The Balaban J connectivity index is 2.14. The van der Waals surface area contributed by atoms with E-state index >= 15 is 0 Å². The van der Waals surface area contributed by atoms with Gasteiger partial charge in [-0.25, -0.2) is 0 Å². The van der Waals surface area contributed by atoms with Gasteiger partial charge in [0.2, 0.25) is 0 Å². The summed E-state index contributed by atoms with van der Waals surface area (Å²) in [6.45, 7) is 6.33. The van der Waals surface area contributed by atoms with Crippen LogP contribution < -0.4 is 10.5 Å². The molecule has 0 fully saturated rings. The van der Waals surface area contributed by atoms with Crippen LogP contribution in [0.5, 0.6) is 11.5 Å². The summed E-state index contributed by atoms with van der Waals surface area (Å²) in [6.07, 6.45) is 0. The lowest BCUT2D eigenvalue weighted by Crippen LogP contribution is -2.04. The average molecular weight is 255 g/mol. The van der Waals surface area contributed by atoms with Crippen molar-refractivity contribution in [3.63, 3.8) is 0 Å². The van der Waals surface area contributed by atoms with Crippen molar-refractivity contribution in [2.45, 2.75) is 32.7 Å². The van der Waals surface area contributed by atoms with E-state index in [4.69, 9.17) is 10.5 Å². The maximum Gasteiger partial charge on any atom is 0.127 e. The smallest absolute Gasteiger partial charge is 0.127 e. The lowest BCUT2D eigenvalue weighted by Gasteiger charge is -2.11. The zero-order valence-corrected chi connectivity index (χ0v) is 11.8. The summed E-state index contributed by atoms with van der Waals surface area (Å²) in [5.41, 5.74) is 8.22. The first-order chi connectivity index (χ1) is 9.06. The largest absolute Gasteiger partial charge is 0.457 e. The van der Waals surface area contributed by atoms with Gasteiger partial charge >= 0.3 is 0 Å². The SMILES string of the molecule is CC(C)c1cccc(Oc2ccc(C(C)N)cc2)c1. The third kappa shape index (κ3) is 3.58. The van der Waals surface area contributed by atoms with Gasteiger partial charge in [-0.05, 0) is 48.2 Å². The molecule has 2 aromatic carbocycles. The van der Waals surface area contributed by atoms with Crippen molar-refractivity contribution in [2.24, 2.45) is 5.73 Å². The molecule has 0 aliphatic heterocycles. The summed E-state index contributed by atoms with van der Waals surface area (Å²) in [4.78, 5) is 0. The van der Waals surface area contributed by atoms with Gasteiger partial charge in [-0.1, -0.05) is 38.1 Å². The summed E-state index contributed by atoms with van der Waals surface area (Å²) < 4.78 is 5.86. The molecule has 1 unspecified atom stereocenters. The molecule has 1 atom stereocenters. The second-order valence-electron chi connectivity index (χ2n) is 5.19. The molecule has 0 amide bonds. The van der Waals surface area contributed by atoms with Crippen molar-refractivity contribution in [3.8, 4) is 11.5 Å². The van der Waals surface area contributed by atoms with Crippen LogP contribution >= 0.6 is 0 Å². The molecule has 0 aromatic heterocycles. The molecular formula is C17H21NO.